The van der Waals surface area contributed by atoms with Crippen molar-refractivity contribution in [1.82, 2.24) is 10.2 Å². The largest absolute Gasteiger partial charge is 0.395 e. The molecule has 0 bridgehead atoms. The Morgan fingerprint density at radius 2 is 2.00 bits per heavy atom. The molecule has 0 spiro atoms. The van der Waals surface area contributed by atoms with Gasteiger partial charge in [-0.15, -0.1) is 0 Å². The van der Waals surface area contributed by atoms with Crippen molar-refractivity contribution < 1.29 is 5.11 Å². The van der Waals surface area contributed by atoms with Crippen LogP contribution in [0.5, 0.6) is 0 Å². The van der Waals surface area contributed by atoms with Gasteiger partial charge < -0.3 is 10.4 Å². The van der Waals surface area contributed by atoms with Gasteiger partial charge in [0.2, 0.25) is 0 Å². The van der Waals surface area contributed by atoms with Crippen LogP contribution in [-0.2, 0) is 0 Å². The third-order valence-corrected chi connectivity index (χ3v) is 4.82. The summed E-state index contributed by atoms with van der Waals surface area (Å²) in [7, 11) is 0. The first-order chi connectivity index (χ1) is 8.58. The van der Waals surface area contributed by atoms with Crippen LogP contribution in [0.15, 0.2) is 0 Å². The Labute approximate surface area is 112 Å². The number of nitrogens with zero attached hydrogens (tertiary/aromatic N) is 1. The predicted octanol–water partition coefficient (Wildman–Crippen LogP) is 1.86. The minimum atomic E-state index is 0.304. The fourth-order valence-corrected chi connectivity index (χ4v) is 3.67. The van der Waals surface area contributed by atoms with Gasteiger partial charge in [0.1, 0.15) is 0 Å². The number of aliphatic hydroxyl groups is 1. The van der Waals surface area contributed by atoms with Crippen LogP contribution < -0.4 is 5.32 Å². The second kappa shape index (κ2) is 5.89. The highest BCUT2D eigenvalue weighted by molar-refractivity contribution is 4.98. The molecule has 106 valence electrons. The lowest BCUT2D eigenvalue weighted by molar-refractivity contribution is 0.148. The van der Waals surface area contributed by atoms with E-state index in [1.807, 2.05) is 0 Å². The minimum Gasteiger partial charge on any atom is -0.395 e. The molecule has 2 aliphatic rings. The Morgan fingerprint density at radius 1 is 1.28 bits per heavy atom. The molecule has 2 fully saturated rings. The van der Waals surface area contributed by atoms with Crippen LogP contribution in [-0.4, -0.2) is 48.3 Å². The molecule has 2 aliphatic carbocycles. The molecule has 0 heterocycles. The van der Waals surface area contributed by atoms with E-state index in [-0.39, 0.29) is 0 Å². The molecule has 0 aromatic heterocycles. The molecule has 2 atom stereocenters. The van der Waals surface area contributed by atoms with Gasteiger partial charge in [0, 0.05) is 25.2 Å². The van der Waals surface area contributed by atoms with Crippen LogP contribution in [0, 0.1) is 11.3 Å². The maximum absolute atomic E-state index is 9.20. The zero-order chi connectivity index (χ0) is 13.2. The smallest absolute Gasteiger partial charge is 0.0558 e. The highest BCUT2D eigenvalue weighted by Crippen LogP contribution is 2.42. The molecule has 18 heavy (non-hydrogen) atoms. The van der Waals surface area contributed by atoms with Crippen LogP contribution in [0.2, 0.25) is 0 Å². The van der Waals surface area contributed by atoms with Crippen molar-refractivity contribution >= 4 is 0 Å². The summed E-state index contributed by atoms with van der Waals surface area (Å²) in [5.41, 5.74) is 0.426. The molecule has 0 radical (unpaired) electrons. The standard InChI is InChI=1S/C15H30N2O/c1-4-16-14-12(7-8-15(14,2)3)11-17(9-10-18)13-5-6-13/h12-14,16,18H,4-11H2,1-3H3. The molecule has 0 aliphatic heterocycles. The Morgan fingerprint density at radius 3 is 2.56 bits per heavy atom. The average molecular weight is 254 g/mol. The molecule has 2 saturated carbocycles. The van der Waals surface area contributed by atoms with E-state index < -0.39 is 0 Å². The number of nitrogens with one attached hydrogen (secondary N) is 1. The quantitative estimate of drug-likeness (QED) is 0.728. The van der Waals surface area contributed by atoms with Crippen molar-refractivity contribution in [2.24, 2.45) is 11.3 Å². The van der Waals surface area contributed by atoms with E-state index in [0.717, 1.165) is 25.0 Å². The number of hydrogen-bond donors (Lipinski definition) is 2. The predicted molar refractivity (Wildman–Crippen MR) is 75.7 cm³/mol. The highest BCUT2D eigenvalue weighted by Gasteiger charge is 2.43. The van der Waals surface area contributed by atoms with E-state index in [9.17, 15) is 5.11 Å². The molecule has 0 saturated heterocycles. The maximum atomic E-state index is 9.20. The third-order valence-electron chi connectivity index (χ3n) is 4.82. The Balaban J connectivity index is 1.94. The van der Waals surface area contributed by atoms with Gasteiger partial charge in [-0.1, -0.05) is 20.8 Å². The maximum Gasteiger partial charge on any atom is 0.0558 e. The Bertz CT molecular complexity index is 263. The van der Waals surface area contributed by atoms with Crippen molar-refractivity contribution in [3.05, 3.63) is 0 Å². The molecule has 2 rings (SSSR count). The van der Waals surface area contributed by atoms with E-state index in [0.29, 0.717) is 18.1 Å². The van der Waals surface area contributed by atoms with Gasteiger partial charge in [-0.2, -0.15) is 0 Å². The van der Waals surface area contributed by atoms with Crippen LogP contribution >= 0.6 is 0 Å². The van der Waals surface area contributed by atoms with Gasteiger partial charge in [0.15, 0.2) is 0 Å². The average Bonchev–Trinajstić information content (AvgIpc) is 3.11. The first-order valence-corrected chi connectivity index (χ1v) is 7.66. The Kier molecular flexibility index (Phi) is 4.68. The van der Waals surface area contributed by atoms with Crippen LogP contribution in [0.3, 0.4) is 0 Å². The van der Waals surface area contributed by atoms with Crippen LogP contribution in [0.1, 0.15) is 46.5 Å². The zero-order valence-corrected chi connectivity index (χ0v) is 12.3. The first kappa shape index (κ1) is 14.3. The van der Waals surface area contributed by atoms with Crippen molar-refractivity contribution in [2.45, 2.75) is 58.5 Å². The van der Waals surface area contributed by atoms with Crippen molar-refractivity contribution in [1.29, 1.82) is 0 Å². The summed E-state index contributed by atoms with van der Waals surface area (Å²) in [5, 5.41) is 12.9. The second-order valence-electron chi connectivity index (χ2n) is 6.77. The molecule has 0 aromatic rings. The summed E-state index contributed by atoms with van der Waals surface area (Å²) < 4.78 is 0. The lowest BCUT2D eigenvalue weighted by atomic mass is 9.84. The normalized spacial score (nSPS) is 31.2. The van der Waals surface area contributed by atoms with Crippen molar-refractivity contribution in [2.75, 3.05) is 26.2 Å². The zero-order valence-electron chi connectivity index (χ0n) is 12.3. The molecule has 3 heteroatoms. The summed E-state index contributed by atoms with van der Waals surface area (Å²) in [5.74, 6) is 0.757. The summed E-state index contributed by atoms with van der Waals surface area (Å²) in [6.07, 6.45) is 5.33. The van der Waals surface area contributed by atoms with Gasteiger partial charge in [0.05, 0.1) is 6.61 Å². The van der Waals surface area contributed by atoms with Gasteiger partial charge >= 0.3 is 0 Å². The monoisotopic (exact) mass is 254 g/mol. The van der Waals surface area contributed by atoms with Gasteiger partial charge in [0.25, 0.3) is 0 Å². The molecule has 0 amide bonds. The summed E-state index contributed by atoms with van der Waals surface area (Å²) in [6, 6.07) is 1.41. The topological polar surface area (TPSA) is 35.5 Å². The van der Waals surface area contributed by atoms with Gasteiger partial charge in [-0.05, 0) is 43.6 Å². The minimum absolute atomic E-state index is 0.304. The van der Waals surface area contributed by atoms with Crippen molar-refractivity contribution in [3.63, 3.8) is 0 Å². The van der Waals surface area contributed by atoms with Gasteiger partial charge in [-0.25, -0.2) is 0 Å². The van der Waals surface area contributed by atoms with E-state index in [2.05, 4.69) is 31.0 Å². The second-order valence-corrected chi connectivity index (χ2v) is 6.77. The van der Waals surface area contributed by atoms with E-state index in [1.54, 1.807) is 0 Å². The highest BCUT2D eigenvalue weighted by atomic mass is 16.3. The van der Waals surface area contributed by atoms with Crippen molar-refractivity contribution in [3.8, 4) is 0 Å². The summed E-state index contributed by atoms with van der Waals surface area (Å²) >= 11 is 0. The molecule has 3 nitrogen and oxygen atoms in total. The lowest BCUT2D eigenvalue weighted by Gasteiger charge is -2.34. The van der Waals surface area contributed by atoms with Gasteiger partial charge in [-0.3, -0.25) is 4.90 Å². The van der Waals surface area contributed by atoms with Crippen LogP contribution in [0.4, 0.5) is 0 Å². The van der Waals surface area contributed by atoms with E-state index in [1.165, 1.54) is 32.2 Å². The number of aliphatic hydroxyl groups excluding tert-OH is 1. The molecule has 0 aromatic carbocycles. The third kappa shape index (κ3) is 3.25. The Hall–Kier alpha value is -0.120. The number of rotatable bonds is 7. The molecular weight excluding hydrogens is 224 g/mol. The fourth-order valence-electron chi connectivity index (χ4n) is 3.67. The fraction of sp³-hybridized carbons (Fsp3) is 1.00. The summed E-state index contributed by atoms with van der Waals surface area (Å²) in [4.78, 5) is 2.52. The summed E-state index contributed by atoms with van der Waals surface area (Å²) in [6.45, 7) is 10.4. The molecule has 2 N–H and O–H groups in total. The lowest BCUT2D eigenvalue weighted by Crippen LogP contribution is -2.46. The SMILES string of the molecule is CCNC1C(CN(CCO)C2CC2)CCC1(C)C. The molecule has 2 unspecified atom stereocenters. The van der Waals surface area contributed by atoms with E-state index in [4.69, 9.17) is 0 Å². The molecular formula is C15H30N2O. The van der Waals surface area contributed by atoms with Crippen LogP contribution in [0.25, 0.3) is 0 Å². The van der Waals surface area contributed by atoms with E-state index >= 15 is 0 Å². The number of hydrogen-bond acceptors (Lipinski definition) is 3. The first-order valence-electron chi connectivity index (χ1n) is 7.66.